The third-order valence-electron chi connectivity index (χ3n) is 5.13. The van der Waals surface area contributed by atoms with Gasteiger partial charge in [-0.2, -0.15) is 0 Å². The lowest BCUT2D eigenvalue weighted by atomic mass is 10.1. The lowest BCUT2D eigenvalue weighted by molar-refractivity contribution is -0.120. The van der Waals surface area contributed by atoms with E-state index >= 15 is 0 Å². The van der Waals surface area contributed by atoms with Crippen LogP contribution >= 0.6 is 0 Å². The molecule has 1 fully saturated rings. The van der Waals surface area contributed by atoms with Crippen LogP contribution in [0.4, 0.5) is 0 Å². The van der Waals surface area contributed by atoms with Gasteiger partial charge in [0.15, 0.2) is 0 Å². The molecule has 0 saturated carbocycles. The number of H-pyrrole nitrogens is 1. The molecule has 2 aromatic heterocycles. The number of hydrogen-bond acceptors (Lipinski definition) is 3. The van der Waals surface area contributed by atoms with E-state index in [2.05, 4.69) is 50.5 Å². The number of nitrogens with zero attached hydrogens (tertiary/aromatic N) is 2. The Morgan fingerprint density at radius 1 is 1.27 bits per heavy atom. The molecule has 0 spiro atoms. The van der Waals surface area contributed by atoms with Crippen LogP contribution in [0.15, 0.2) is 55.0 Å². The van der Waals surface area contributed by atoms with E-state index in [1.165, 1.54) is 5.56 Å². The van der Waals surface area contributed by atoms with Crippen LogP contribution in [0.5, 0.6) is 0 Å². The lowest BCUT2D eigenvalue weighted by Gasteiger charge is -2.16. The molecule has 0 bridgehead atoms. The normalized spacial score (nSPS) is 17.6. The molecule has 5 nitrogen and oxygen atoms in total. The van der Waals surface area contributed by atoms with Crippen LogP contribution in [0, 0.1) is 5.92 Å². The van der Waals surface area contributed by atoms with Gasteiger partial charge in [0.05, 0.1) is 18.1 Å². The number of likely N-dealkylation sites (tertiary alicyclic amines) is 1. The van der Waals surface area contributed by atoms with Crippen molar-refractivity contribution in [1.82, 2.24) is 20.2 Å². The molecule has 26 heavy (non-hydrogen) atoms. The van der Waals surface area contributed by atoms with Crippen LogP contribution in [0.25, 0.3) is 10.9 Å². The Balaban J connectivity index is 1.25. The summed E-state index contributed by atoms with van der Waals surface area (Å²) in [6, 6.07) is 12.5. The molecule has 1 aliphatic rings. The minimum Gasteiger partial charge on any atom is -0.360 e. The van der Waals surface area contributed by atoms with Gasteiger partial charge in [-0.15, -0.1) is 0 Å². The Kier molecular flexibility index (Phi) is 4.97. The van der Waals surface area contributed by atoms with Gasteiger partial charge in [-0.25, -0.2) is 0 Å². The van der Waals surface area contributed by atoms with Gasteiger partial charge in [0, 0.05) is 37.4 Å². The molecule has 0 radical (unpaired) electrons. The summed E-state index contributed by atoms with van der Waals surface area (Å²) < 4.78 is 0. The fourth-order valence-corrected chi connectivity index (χ4v) is 3.74. The largest absolute Gasteiger partial charge is 0.360 e. The number of rotatable bonds is 6. The molecule has 0 aliphatic carbocycles. The van der Waals surface area contributed by atoms with Crippen LogP contribution in [0.3, 0.4) is 0 Å². The Morgan fingerprint density at radius 2 is 2.15 bits per heavy atom. The van der Waals surface area contributed by atoms with Gasteiger partial charge < -0.3 is 10.3 Å². The van der Waals surface area contributed by atoms with Crippen LogP contribution in [0.2, 0.25) is 0 Å². The second kappa shape index (κ2) is 7.70. The summed E-state index contributed by atoms with van der Waals surface area (Å²) in [4.78, 5) is 22.1. The quantitative estimate of drug-likeness (QED) is 0.720. The first-order valence-corrected chi connectivity index (χ1v) is 9.21. The summed E-state index contributed by atoms with van der Waals surface area (Å²) in [5, 5.41) is 4.19. The average molecular weight is 348 g/mol. The Hall–Kier alpha value is -2.66. The molecular weight excluding hydrogens is 324 g/mol. The summed E-state index contributed by atoms with van der Waals surface area (Å²) in [6.45, 7) is 3.90. The van der Waals surface area contributed by atoms with Crippen molar-refractivity contribution < 1.29 is 4.79 Å². The minimum absolute atomic E-state index is 0.0872. The topological polar surface area (TPSA) is 61.0 Å². The van der Waals surface area contributed by atoms with E-state index in [0.717, 1.165) is 49.1 Å². The number of benzene rings is 1. The van der Waals surface area contributed by atoms with Crippen molar-refractivity contribution in [2.75, 3.05) is 19.6 Å². The van der Waals surface area contributed by atoms with E-state index in [9.17, 15) is 4.79 Å². The predicted molar refractivity (Wildman–Crippen MR) is 103 cm³/mol. The first-order valence-electron chi connectivity index (χ1n) is 9.21. The van der Waals surface area contributed by atoms with Gasteiger partial charge in [-0.3, -0.25) is 14.7 Å². The van der Waals surface area contributed by atoms with Crippen molar-refractivity contribution in [3.05, 3.63) is 66.1 Å². The molecule has 1 amide bonds. The van der Waals surface area contributed by atoms with E-state index in [4.69, 9.17) is 0 Å². The molecule has 1 aliphatic heterocycles. The molecule has 3 heterocycles. The van der Waals surface area contributed by atoms with Crippen molar-refractivity contribution in [3.63, 3.8) is 0 Å². The number of fused-ring (bicyclic) bond motifs is 1. The number of amides is 1. The van der Waals surface area contributed by atoms with E-state index < -0.39 is 0 Å². The standard InChI is InChI=1S/C21H24N4O/c26-21(10-18-12-23-20-13-22-8-6-19(18)20)24-11-17-7-9-25(15-17)14-16-4-2-1-3-5-16/h1-6,8,12-13,17,23H,7,9-11,14-15H2,(H,24,26). The molecule has 1 atom stereocenters. The average Bonchev–Trinajstić information content (AvgIpc) is 3.28. The van der Waals surface area contributed by atoms with E-state index in [1.807, 2.05) is 12.3 Å². The van der Waals surface area contributed by atoms with Gasteiger partial charge in [-0.05, 0) is 36.1 Å². The molecule has 4 rings (SSSR count). The highest BCUT2D eigenvalue weighted by Crippen LogP contribution is 2.19. The smallest absolute Gasteiger partial charge is 0.224 e. The number of pyridine rings is 1. The number of nitrogens with one attached hydrogen (secondary N) is 2. The first-order chi connectivity index (χ1) is 12.8. The summed E-state index contributed by atoms with van der Waals surface area (Å²) in [6.07, 6.45) is 7.01. The van der Waals surface area contributed by atoms with Gasteiger partial charge in [-0.1, -0.05) is 30.3 Å². The maximum atomic E-state index is 12.3. The highest BCUT2D eigenvalue weighted by molar-refractivity contribution is 5.88. The molecule has 1 unspecified atom stereocenters. The monoisotopic (exact) mass is 348 g/mol. The van der Waals surface area contributed by atoms with Crippen molar-refractivity contribution in [1.29, 1.82) is 0 Å². The highest BCUT2D eigenvalue weighted by atomic mass is 16.1. The van der Waals surface area contributed by atoms with Crippen molar-refractivity contribution in [2.45, 2.75) is 19.4 Å². The Labute approximate surface area is 153 Å². The predicted octanol–water partition coefficient (Wildman–Crippen LogP) is 2.74. The molecule has 1 aromatic carbocycles. The van der Waals surface area contributed by atoms with Crippen LogP contribution in [-0.4, -0.2) is 40.4 Å². The van der Waals surface area contributed by atoms with Gasteiger partial charge >= 0.3 is 0 Å². The van der Waals surface area contributed by atoms with Gasteiger partial charge in [0.25, 0.3) is 0 Å². The number of aromatic amines is 1. The van der Waals surface area contributed by atoms with Crippen LogP contribution in [-0.2, 0) is 17.8 Å². The summed E-state index contributed by atoms with van der Waals surface area (Å²) >= 11 is 0. The molecular formula is C21H24N4O. The number of carbonyl (C=O) groups is 1. The fraction of sp³-hybridized carbons (Fsp3) is 0.333. The number of carbonyl (C=O) groups excluding carboxylic acids is 1. The van der Waals surface area contributed by atoms with Gasteiger partial charge in [0.1, 0.15) is 0 Å². The molecule has 2 N–H and O–H groups in total. The molecule has 5 heteroatoms. The van der Waals surface area contributed by atoms with Crippen molar-refractivity contribution in [2.24, 2.45) is 5.92 Å². The van der Waals surface area contributed by atoms with E-state index in [0.29, 0.717) is 12.3 Å². The third kappa shape index (κ3) is 3.94. The Morgan fingerprint density at radius 3 is 3.04 bits per heavy atom. The zero-order valence-electron chi connectivity index (χ0n) is 14.8. The summed E-state index contributed by atoms with van der Waals surface area (Å²) in [5.41, 5.74) is 3.35. The zero-order chi connectivity index (χ0) is 17.8. The SMILES string of the molecule is O=C(Cc1c[nH]c2cnccc12)NCC1CCN(Cc2ccccc2)C1. The van der Waals surface area contributed by atoms with Crippen LogP contribution in [0.1, 0.15) is 17.5 Å². The number of aromatic nitrogens is 2. The summed E-state index contributed by atoms with van der Waals surface area (Å²) in [7, 11) is 0. The molecule has 1 saturated heterocycles. The number of hydrogen-bond donors (Lipinski definition) is 2. The van der Waals surface area contributed by atoms with Crippen molar-refractivity contribution >= 4 is 16.8 Å². The lowest BCUT2D eigenvalue weighted by Crippen LogP contribution is -2.31. The van der Waals surface area contributed by atoms with Crippen molar-refractivity contribution in [3.8, 4) is 0 Å². The Bertz CT molecular complexity index is 874. The highest BCUT2D eigenvalue weighted by Gasteiger charge is 2.22. The maximum Gasteiger partial charge on any atom is 0.224 e. The second-order valence-electron chi connectivity index (χ2n) is 7.09. The maximum absolute atomic E-state index is 12.3. The fourth-order valence-electron chi connectivity index (χ4n) is 3.74. The molecule has 3 aromatic rings. The zero-order valence-corrected chi connectivity index (χ0v) is 14.8. The second-order valence-corrected chi connectivity index (χ2v) is 7.09. The van der Waals surface area contributed by atoms with Crippen LogP contribution < -0.4 is 5.32 Å². The van der Waals surface area contributed by atoms with E-state index in [1.54, 1.807) is 12.4 Å². The summed E-state index contributed by atoms with van der Waals surface area (Å²) in [5.74, 6) is 0.624. The third-order valence-corrected chi connectivity index (χ3v) is 5.13. The minimum atomic E-state index is 0.0872. The first kappa shape index (κ1) is 16.8. The van der Waals surface area contributed by atoms with E-state index in [-0.39, 0.29) is 5.91 Å². The molecule has 134 valence electrons. The van der Waals surface area contributed by atoms with Gasteiger partial charge in [0.2, 0.25) is 5.91 Å².